The van der Waals surface area contributed by atoms with Crippen LogP contribution in [0.15, 0.2) is 315 Å². The molecule has 2 heterocycles. The highest BCUT2D eigenvalue weighted by Crippen LogP contribution is 2.58. The van der Waals surface area contributed by atoms with E-state index in [1.807, 2.05) is 0 Å². The first-order valence-corrected chi connectivity index (χ1v) is 28.1. The van der Waals surface area contributed by atoms with Crippen LogP contribution in [0, 0.1) is 0 Å². The molecule has 0 atom stereocenters. The zero-order valence-corrected chi connectivity index (χ0v) is 44.4. The molecule has 15 aromatic rings. The van der Waals surface area contributed by atoms with Gasteiger partial charge >= 0.3 is 0 Å². The molecular weight excluding hydrogens is 977 g/mol. The monoisotopic (exact) mass is 1030 g/mol. The SMILES string of the molecule is c1ccc(-c2ccccc2-c2ccccc2C2(c3cccc(-c4ccc(-c5ccc(-n6c7ccccc7c7cc(-c8ccc9c(c8)c8ccccc8n9-c8ccccc8)ccc76)cc5)cc4)c3)c3ccccc3-c3ccccc32)cc1. The Labute approximate surface area is 471 Å². The first kappa shape index (κ1) is 46.5. The van der Waals surface area contributed by atoms with Crippen molar-refractivity contribution < 1.29 is 0 Å². The minimum atomic E-state index is -0.592. The molecule has 0 amide bonds. The van der Waals surface area contributed by atoms with Gasteiger partial charge in [0.25, 0.3) is 0 Å². The van der Waals surface area contributed by atoms with E-state index in [4.69, 9.17) is 0 Å². The largest absolute Gasteiger partial charge is 0.309 e. The molecule has 0 unspecified atom stereocenters. The molecule has 0 fully saturated rings. The minimum absolute atomic E-state index is 0.592. The van der Waals surface area contributed by atoms with Crippen molar-refractivity contribution in [3.8, 4) is 78.1 Å². The smallest absolute Gasteiger partial charge is 0.0719 e. The molecule has 81 heavy (non-hydrogen) atoms. The zero-order valence-electron chi connectivity index (χ0n) is 44.4. The van der Waals surface area contributed by atoms with Crippen molar-refractivity contribution >= 4 is 43.6 Å². The fourth-order valence-electron chi connectivity index (χ4n) is 13.7. The van der Waals surface area contributed by atoms with Crippen molar-refractivity contribution in [2.24, 2.45) is 0 Å². The topological polar surface area (TPSA) is 9.86 Å². The third kappa shape index (κ3) is 7.34. The Bertz CT molecular complexity index is 4860. The summed E-state index contributed by atoms with van der Waals surface area (Å²) >= 11 is 0. The summed E-state index contributed by atoms with van der Waals surface area (Å²) in [4.78, 5) is 0. The van der Waals surface area contributed by atoms with Crippen LogP contribution < -0.4 is 0 Å². The Morgan fingerprint density at radius 1 is 0.198 bits per heavy atom. The van der Waals surface area contributed by atoms with E-state index >= 15 is 0 Å². The fraction of sp³-hybridized carbons (Fsp3) is 0.0127. The van der Waals surface area contributed by atoms with Gasteiger partial charge in [-0.2, -0.15) is 0 Å². The molecule has 2 aromatic heterocycles. The van der Waals surface area contributed by atoms with E-state index in [1.165, 1.54) is 138 Å². The molecule has 0 radical (unpaired) electrons. The van der Waals surface area contributed by atoms with Crippen molar-refractivity contribution in [3.05, 3.63) is 338 Å². The summed E-state index contributed by atoms with van der Waals surface area (Å²) in [6.07, 6.45) is 0. The predicted molar refractivity (Wildman–Crippen MR) is 340 cm³/mol. The van der Waals surface area contributed by atoms with Crippen LogP contribution in [0.4, 0.5) is 0 Å². The molecule has 0 N–H and O–H groups in total. The predicted octanol–water partition coefficient (Wildman–Crippen LogP) is 20.6. The van der Waals surface area contributed by atoms with Crippen LogP contribution in [0.2, 0.25) is 0 Å². The summed E-state index contributed by atoms with van der Waals surface area (Å²) < 4.78 is 4.79. The fourth-order valence-corrected chi connectivity index (χ4v) is 13.7. The maximum absolute atomic E-state index is 2.45. The average Bonchev–Trinajstić information content (AvgIpc) is 3.11. The summed E-state index contributed by atoms with van der Waals surface area (Å²) in [6.45, 7) is 0. The van der Waals surface area contributed by atoms with E-state index < -0.39 is 5.41 Å². The first-order valence-electron chi connectivity index (χ1n) is 28.1. The van der Waals surface area contributed by atoms with Gasteiger partial charge in [0.1, 0.15) is 0 Å². The van der Waals surface area contributed by atoms with Gasteiger partial charge < -0.3 is 9.13 Å². The molecular formula is C79H52N2. The number of benzene rings is 13. The molecule has 0 bridgehead atoms. The third-order valence-electron chi connectivity index (χ3n) is 17.3. The summed E-state index contributed by atoms with van der Waals surface area (Å²) in [5.74, 6) is 0. The molecule has 2 nitrogen and oxygen atoms in total. The Morgan fingerprint density at radius 3 is 1.10 bits per heavy atom. The molecule has 2 heteroatoms. The van der Waals surface area contributed by atoms with Crippen LogP contribution in [0.1, 0.15) is 22.3 Å². The number of hydrogen-bond donors (Lipinski definition) is 0. The molecule has 1 aliphatic rings. The molecule has 0 saturated carbocycles. The molecule has 1 aliphatic carbocycles. The number of rotatable bonds is 9. The number of aromatic nitrogens is 2. The van der Waals surface area contributed by atoms with Gasteiger partial charge in [0.15, 0.2) is 0 Å². The van der Waals surface area contributed by atoms with Crippen LogP contribution in [-0.4, -0.2) is 9.13 Å². The quantitative estimate of drug-likeness (QED) is 0.136. The molecule has 16 rings (SSSR count). The van der Waals surface area contributed by atoms with Gasteiger partial charge in [0.05, 0.1) is 27.5 Å². The van der Waals surface area contributed by atoms with E-state index in [2.05, 4.69) is 325 Å². The van der Waals surface area contributed by atoms with Crippen molar-refractivity contribution in [2.75, 3.05) is 0 Å². The normalized spacial score (nSPS) is 12.5. The van der Waals surface area contributed by atoms with E-state index in [9.17, 15) is 0 Å². The lowest BCUT2D eigenvalue weighted by atomic mass is 9.65. The highest BCUT2D eigenvalue weighted by Gasteiger charge is 2.47. The Kier molecular flexibility index (Phi) is 10.8. The Balaban J connectivity index is 0.746. The van der Waals surface area contributed by atoms with Gasteiger partial charge in [-0.15, -0.1) is 0 Å². The van der Waals surface area contributed by atoms with E-state index in [0.29, 0.717) is 0 Å². The molecule has 13 aromatic carbocycles. The lowest BCUT2D eigenvalue weighted by molar-refractivity contribution is 0.771. The van der Waals surface area contributed by atoms with Gasteiger partial charge in [-0.3, -0.25) is 0 Å². The van der Waals surface area contributed by atoms with Gasteiger partial charge in [-0.25, -0.2) is 0 Å². The van der Waals surface area contributed by atoms with Crippen molar-refractivity contribution in [1.29, 1.82) is 0 Å². The minimum Gasteiger partial charge on any atom is -0.309 e. The van der Waals surface area contributed by atoms with E-state index in [1.54, 1.807) is 0 Å². The van der Waals surface area contributed by atoms with Crippen LogP contribution in [0.5, 0.6) is 0 Å². The summed E-state index contributed by atoms with van der Waals surface area (Å²) in [5.41, 5.74) is 26.2. The Hall–Kier alpha value is -10.5. The number of hydrogen-bond acceptors (Lipinski definition) is 0. The zero-order chi connectivity index (χ0) is 53.4. The van der Waals surface area contributed by atoms with Crippen LogP contribution in [0.3, 0.4) is 0 Å². The maximum atomic E-state index is 2.45. The van der Waals surface area contributed by atoms with Gasteiger partial charge in [0.2, 0.25) is 0 Å². The lowest BCUT2D eigenvalue weighted by Crippen LogP contribution is -2.29. The third-order valence-corrected chi connectivity index (χ3v) is 17.3. The second kappa shape index (κ2) is 18.8. The van der Waals surface area contributed by atoms with Crippen molar-refractivity contribution in [2.45, 2.75) is 5.41 Å². The van der Waals surface area contributed by atoms with Crippen LogP contribution in [-0.2, 0) is 5.41 Å². The second-order valence-electron chi connectivity index (χ2n) is 21.5. The molecule has 0 saturated heterocycles. The number of nitrogens with zero attached hydrogens (tertiary/aromatic N) is 2. The number of fused-ring (bicyclic) bond motifs is 9. The highest BCUT2D eigenvalue weighted by molar-refractivity contribution is 6.13. The van der Waals surface area contributed by atoms with Crippen molar-refractivity contribution in [3.63, 3.8) is 0 Å². The summed E-state index contributed by atoms with van der Waals surface area (Å²) in [5, 5.41) is 4.99. The average molecular weight is 1030 g/mol. The molecule has 0 aliphatic heterocycles. The van der Waals surface area contributed by atoms with E-state index in [0.717, 1.165) is 5.69 Å². The molecule has 0 spiro atoms. The van der Waals surface area contributed by atoms with Gasteiger partial charge in [-0.1, -0.05) is 249 Å². The second-order valence-corrected chi connectivity index (χ2v) is 21.5. The van der Waals surface area contributed by atoms with Gasteiger partial charge in [-0.05, 0) is 156 Å². The highest BCUT2D eigenvalue weighted by atomic mass is 15.0. The maximum Gasteiger partial charge on any atom is 0.0719 e. The number of para-hydroxylation sites is 3. The standard InChI is InChI=1S/C79H52N2/c1-3-20-56(21-4-1)63-26-7-8-27-64(63)65-28-9-14-33-72(65)79(73-34-15-10-29-66(73)67-30-11-16-35-74(67)79)60-23-19-22-57(50-60)55-40-38-53(39-41-55)54-42-46-62(47-43-54)81-76-37-18-13-32-69(76)71-52-59(45-49-78(71)81)58-44-48-77-70(51-58)68-31-12-17-36-75(68)80(77)61-24-5-2-6-25-61/h1-52H. The van der Waals surface area contributed by atoms with Crippen molar-refractivity contribution in [1.82, 2.24) is 9.13 Å². The Morgan fingerprint density at radius 2 is 0.556 bits per heavy atom. The first-order chi connectivity index (χ1) is 40.2. The molecule has 378 valence electrons. The van der Waals surface area contributed by atoms with Crippen LogP contribution in [0.25, 0.3) is 122 Å². The summed E-state index contributed by atoms with van der Waals surface area (Å²) in [7, 11) is 0. The van der Waals surface area contributed by atoms with Crippen LogP contribution >= 0.6 is 0 Å². The summed E-state index contributed by atoms with van der Waals surface area (Å²) in [6, 6.07) is 117. The van der Waals surface area contributed by atoms with Gasteiger partial charge in [0, 0.05) is 32.9 Å². The lowest BCUT2D eigenvalue weighted by Gasteiger charge is -2.36. The van der Waals surface area contributed by atoms with E-state index in [-0.39, 0.29) is 0 Å².